The molecule has 0 N–H and O–H groups in total. The molecule has 0 saturated heterocycles. The van der Waals surface area contributed by atoms with E-state index in [0.717, 1.165) is 33.8 Å². The third kappa shape index (κ3) is 2.45. The Balaban J connectivity index is 2.00. The minimum Gasteiger partial charge on any atom is -0.464 e. The van der Waals surface area contributed by atoms with E-state index in [-0.39, 0.29) is 5.97 Å². The number of nitrogens with zero attached hydrogens (tertiary/aromatic N) is 4. The second-order valence-electron chi connectivity index (χ2n) is 6.27. The van der Waals surface area contributed by atoms with Crippen LogP contribution in [0.1, 0.15) is 30.0 Å². The zero-order chi connectivity index (χ0) is 18.3. The molecule has 1 atom stereocenters. The first-order chi connectivity index (χ1) is 12.6. The van der Waals surface area contributed by atoms with Crippen LogP contribution in [-0.2, 0) is 9.53 Å². The van der Waals surface area contributed by atoms with Crippen molar-refractivity contribution in [1.82, 2.24) is 19.2 Å². The van der Waals surface area contributed by atoms with E-state index in [1.165, 1.54) is 0 Å². The summed E-state index contributed by atoms with van der Waals surface area (Å²) in [6.45, 7) is 6.09. The molecule has 4 rings (SSSR count). The summed E-state index contributed by atoms with van der Waals surface area (Å²) in [5, 5.41) is 8.35. The molecular formula is C20H20N4O2. The van der Waals surface area contributed by atoms with Gasteiger partial charge in [-0.05, 0) is 44.5 Å². The molecule has 4 aromatic rings. The van der Waals surface area contributed by atoms with Gasteiger partial charge in [-0.25, -0.2) is 4.79 Å². The predicted octanol–water partition coefficient (Wildman–Crippen LogP) is 3.45. The van der Waals surface area contributed by atoms with Gasteiger partial charge in [0.25, 0.3) is 0 Å². The number of hydrogen-bond donors (Lipinski definition) is 0. The van der Waals surface area contributed by atoms with Crippen molar-refractivity contribution >= 4 is 22.6 Å². The molecule has 0 bridgehead atoms. The number of hydrogen-bond acceptors (Lipinski definition) is 4. The lowest BCUT2D eigenvalue weighted by atomic mass is 10.1. The van der Waals surface area contributed by atoms with Crippen LogP contribution >= 0.6 is 0 Å². The van der Waals surface area contributed by atoms with Crippen LogP contribution in [0.5, 0.6) is 0 Å². The summed E-state index contributed by atoms with van der Waals surface area (Å²) < 4.78 is 9.43. The summed E-state index contributed by atoms with van der Waals surface area (Å²) in [6.07, 6.45) is 0. The van der Waals surface area contributed by atoms with Gasteiger partial charge < -0.3 is 9.30 Å². The summed E-state index contributed by atoms with van der Waals surface area (Å²) in [6, 6.07) is 15.2. The molecule has 0 aliphatic carbocycles. The number of rotatable bonds is 4. The maximum absolute atomic E-state index is 12.8. The highest BCUT2D eigenvalue weighted by Crippen LogP contribution is 2.30. The van der Waals surface area contributed by atoms with Gasteiger partial charge in [0.1, 0.15) is 5.82 Å². The largest absolute Gasteiger partial charge is 0.464 e. The molecule has 0 radical (unpaired) electrons. The van der Waals surface area contributed by atoms with Crippen molar-refractivity contribution in [3.8, 4) is 0 Å². The fourth-order valence-corrected chi connectivity index (χ4v) is 3.53. The number of aromatic nitrogens is 4. The van der Waals surface area contributed by atoms with E-state index in [2.05, 4.69) is 16.3 Å². The molecule has 0 aliphatic rings. The van der Waals surface area contributed by atoms with Gasteiger partial charge in [-0.15, -0.1) is 10.2 Å². The maximum Gasteiger partial charge on any atom is 0.333 e. The summed E-state index contributed by atoms with van der Waals surface area (Å²) in [5.74, 6) is 0.551. The van der Waals surface area contributed by atoms with E-state index in [0.29, 0.717) is 6.61 Å². The Labute approximate surface area is 151 Å². The standard InChI is InChI=1S/C20H20N4O2/c1-4-26-20(25)19(15-8-6-5-7-9-15)23-13(2)12-17-16(23)10-11-18-22-21-14(3)24(17)18/h5-12,19H,4H2,1-3H3. The predicted molar refractivity (Wildman–Crippen MR) is 99.2 cm³/mol. The lowest BCUT2D eigenvalue weighted by Crippen LogP contribution is -2.24. The summed E-state index contributed by atoms with van der Waals surface area (Å²) in [5.41, 5.74) is 4.58. The monoisotopic (exact) mass is 348 g/mol. The van der Waals surface area contributed by atoms with E-state index in [4.69, 9.17) is 4.74 Å². The fourth-order valence-electron chi connectivity index (χ4n) is 3.53. The second kappa shape index (κ2) is 6.29. The third-order valence-corrected chi connectivity index (χ3v) is 4.61. The summed E-state index contributed by atoms with van der Waals surface area (Å²) in [4.78, 5) is 12.8. The number of ether oxygens (including phenoxy) is 1. The molecule has 132 valence electrons. The van der Waals surface area contributed by atoms with E-state index in [1.54, 1.807) is 0 Å². The Hall–Kier alpha value is -3.15. The highest BCUT2D eigenvalue weighted by atomic mass is 16.5. The fraction of sp³-hybridized carbons (Fsp3) is 0.250. The van der Waals surface area contributed by atoms with Gasteiger partial charge in [0, 0.05) is 5.69 Å². The number of carbonyl (C=O) groups excluding carboxylic acids is 1. The van der Waals surface area contributed by atoms with Crippen LogP contribution in [0.15, 0.2) is 48.5 Å². The van der Waals surface area contributed by atoms with Crippen LogP contribution in [0.2, 0.25) is 0 Å². The topological polar surface area (TPSA) is 61.4 Å². The first kappa shape index (κ1) is 16.3. The summed E-state index contributed by atoms with van der Waals surface area (Å²) in [7, 11) is 0. The van der Waals surface area contributed by atoms with Crippen LogP contribution in [-0.4, -0.2) is 31.7 Å². The van der Waals surface area contributed by atoms with E-state index in [1.807, 2.05) is 72.2 Å². The Kier molecular flexibility index (Phi) is 3.95. The van der Waals surface area contributed by atoms with E-state index >= 15 is 0 Å². The lowest BCUT2D eigenvalue weighted by Gasteiger charge is -2.21. The van der Waals surface area contributed by atoms with Crippen molar-refractivity contribution in [3.63, 3.8) is 0 Å². The molecule has 3 aromatic heterocycles. The average Bonchev–Trinajstić information content (AvgIpc) is 3.17. The first-order valence-electron chi connectivity index (χ1n) is 8.65. The number of fused-ring (bicyclic) bond motifs is 3. The van der Waals surface area contributed by atoms with Gasteiger partial charge in [-0.3, -0.25) is 4.40 Å². The van der Waals surface area contributed by atoms with Crippen LogP contribution in [0.25, 0.3) is 16.7 Å². The van der Waals surface area contributed by atoms with E-state index < -0.39 is 6.04 Å². The molecule has 3 heterocycles. The van der Waals surface area contributed by atoms with Crippen LogP contribution < -0.4 is 0 Å². The van der Waals surface area contributed by atoms with Crippen molar-refractivity contribution < 1.29 is 9.53 Å². The van der Waals surface area contributed by atoms with Gasteiger partial charge in [-0.1, -0.05) is 30.3 Å². The van der Waals surface area contributed by atoms with Crippen molar-refractivity contribution in [2.45, 2.75) is 26.8 Å². The van der Waals surface area contributed by atoms with E-state index in [9.17, 15) is 4.79 Å². The molecule has 0 amide bonds. The Morgan fingerprint density at radius 1 is 1.08 bits per heavy atom. The molecule has 0 aliphatic heterocycles. The molecule has 0 fully saturated rings. The smallest absolute Gasteiger partial charge is 0.333 e. The Morgan fingerprint density at radius 3 is 2.58 bits per heavy atom. The van der Waals surface area contributed by atoms with Crippen LogP contribution in [0.4, 0.5) is 0 Å². The number of esters is 1. The zero-order valence-electron chi connectivity index (χ0n) is 15.0. The SMILES string of the molecule is CCOC(=O)C(c1ccccc1)n1c(C)cc2c1ccc1nnc(C)n12. The lowest BCUT2D eigenvalue weighted by molar-refractivity contribution is -0.145. The minimum atomic E-state index is -0.539. The van der Waals surface area contributed by atoms with Crippen LogP contribution in [0, 0.1) is 13.8 Å². The first-order valence-corrected chi connectivity index (χ1v) is 8.65. The molecule has 26 heavy (non-hydrogen) atoms. The van der Waals surface area contributed by atoms with Crippen molar-refractivity contribution in [2.24, 2.45) is 0 Å². The highest BCUT2D eigenvalue weighted by molar-refractivity contribution is 5.86. The Bertz CT molecular complexity index is 1100. The number of aryl methyl sites for hydroxylation is 2. The van der Waals surface area contributed by atoms with Gasteiger partial charge in [0.2, 0.25) is 0 Å². The molecule has 6 heteroatoms. The molecule has 0 saturated carbocycles. The van der Waals surface area contributed by atoms with Crippen molar-refractivity contribution in [2.75, 3.05) is 6.61 Å². The number of benzene rings is 1. The molecule has 1 unspecified atom stereocenters. The quantitative estimate of drug-likeness (QED) is 0.530. The molecule has 0 spiro atoms. The summed E-state index contributed by atoms with van der Waals surface area (Å²) >= 11 is 0. The average molecular weight is 348 g/mol. The van der Waals surface area contributed by atoms with Gasteiger partial charge in [-0.2, -0.15) is 0 Å². The van der Waals surface area contributed by atoms with Crippen molar-refractivity contribution in [1.29, 1.82) is 0 Å². The molecule has 1 aromatic carbocycles. The van der Waals surface area contributed by atoms with Gasteiger partial charge >= 0.3 is 5.97 Å². The normalized spacial score (nSPS) is 12.6. The van der Waals surface area contributed by atoms with Crippen LogP contribution in [0.3, 0.4) is 0 Å². The highest BCUT2D eigenvalue weighted by Gasteiger charge is 2.27. The zero-order valence-corrected chi connectivity index (χ0v) is 15.0. The van der Waals surface area contributed by atoms with Crippen molar-refractivity contribution in [3.05, 3.63) is 65.6 Å². The van der Waals surface area contributed by atoms with Gasteiger partial charge in [0.05, 0.1) is 17.6 Å². The van der Waals surface area contributed by atoms with Gasteiger partial charge in [0.15, 0.2) is 11.7 Å². The molecule has 6 nitrogen and oxygen atoms in total. The third-order valence-electron chi connectivity index (χ3n) is 4.61. The minimum absolute atomic E-state index is 0.264. The maximum atomic E-state index is 12.8. The molecular weight excluding hydrogens is 328 g/mol. The number of pyridine rings is 1. The Morgan fingerprint density at radius 2 is 1.85 bits per heavy atom. The number of carbonyl (C=O) groups is 1. The second-order valence-corrected chi connectivity index (χ2v) is 6.27.